The Morgan fingerprint density at radius 2 is 2.35 bits per heavy atom. The maximum absolute atomic E-state index is 11.1. The van der Waals surface area contributed by atoms with Gasteiger partial charge in [-0.15, -0.1) is 0 Å². The lowest BCUT2D eigenvalue weighted by Gasteiger charge is -2.12. The molecule has 0 saturated carbocycles. The van der Waals surface area contributed by atoms with Crippen LogP contribution < -0.4 is 4.74 Å². The van der Waals surface area contributed by atoms with Gasteiger partial charge in [0.05, 0.1) is 17.6 Å². The molecular formula is C13H15NO6. The largest absolute Gasteiger partial charge is 0.493 e. The van der Waals surface area contributed by atoms with Crippen molar-refractivity contribution in [2.75, 3.05) is 13.2 Å². The Balaban J connectivity index is 2.02. The van der Waals surface area contributed by atoms with E-state index in [9.17, 15) is 14.9 Å². The number of hydrogen-bond acceptors (Lipinski definition) is 5. The molecule has 1 N–H and O–H groups in total. The van der Waals surface area contributed by atoms with Crippen molar-refractivity contribution in [3.8, 4) is 5.75 Å². The van der Waals surface area contributed by atoms with Gasteiger partial charge in [0.2, 0.25) is 0 Å². The quantitative estimate of drug-likeness (QED) is 0.634. The highest BCUT2D eigenvalue weighted by molar-refractivity contribution is 5.91. The molecule has 20 heavy (non-hydrogen) atoms. The molecule has 0 spiro atoms. The normalized spacial score (nSPS) is 17.9. The number of carboxylic acid groups (broad SMARTS) is 1. The van der Waals surface area contributed by atoms with Crippen molar-refractivity contribution in [1.82, 2.24) is 0 Å². The van der Waals surface area contributed by atoms with E-state index in [0.29, 0.717) is 13.0 Å². The Hall–Kier alpha value is -2.15. The van der Waals surface area contributed by atoms with Gasteiger partial charge < -0.3 is 14.6 Å². The number of nitrogens with zero attached hydrogens (tertiary/aromatic N) is 1. The Morgan fingerprint density at radius 1 is 1.55 bits per heavy atom. The third-order valence-corrected chi connectivity index (χ3v) is 3.13. The zero-order valence-electron chi connectivity index (χ0n) is 10.8. The summed E-state index contributed by atoms with van der Waals surface area (Å²) in [4.78, 5) is 21.1. The van der Waals surface area contributed by atoms with Gasteiger partial charge in [0.1, 0.15) is 11.3 Å². The molecule has 2 rings (SSSR count). The predicted molar refractivity (Wildman–Crippen MR) is 69.1 cm³/mol. The first kappa shape index (κ1) is 14.3. The Morgan fingerprint density at radius 3 is 2.95 bits per heavy atom. The molecule has 1 aromatic rings. The van der Waals surface area contributed by atoms with Crippen LogP contribution in [-0.4, -0.2) is 35.3 Å². The third kappa shape index (κ3) is 3.45. The second-order valence-electron chi connectivity index (χ2n) is 4.51. The van der Waals surface area contributed by atoms with E-state index in [2.05, 4.69) is 0 Å². The van der Waals surface area contributed by atoms with Gasteiger partial charge in [-0.25, -0.2) is 4.79 Å². The summed E-state index contributed by atoms with van der Waals surface area (Å²) in [5.41, 5.74) is -0.472. The molecule has 1 aromatic carbocycles. The number of carboxylic acids is 1. The number of hydrogen-bond donors (Lipinski definition) is 1. The van der Waals surface area contributed by atoms with Crippen molar-refractivity contribution in [1.29, 1.82) is 0 Å². The van der Waals surface area contributed by atoms with Crippen molar-refractivity contribution < 1.29 is 24.3 Å². The van der Waals surface area contributed by atoms with E-state index in [1.54, 1.807) is 0 Å². The van der Waals surface area contributed by atoms with Crippen LogP contribution in [0.15, 0.2) is 18.2 Å². The second-order valence-corrected chi connectivity index (χ2v) is 4.51. The van der Waals surface area contributed by atoms with E-state index >= 15 is 0 Å². The standard InChI is InChI=1S/C13H15NO6/c15-13(16)11-8-9(14(17)18)3-4-12(11)20-7-5-10-2-1-6-19-10/h3-4,8,10H,1-2,5-7H2,(H,15,16). The van der Waals surface area contributed by atoms with Gasteiger partial charge >= 0.3 is 5.97 Å². The summed E-state index contributed by atoms with van der Waals surface area (Å²) in [7, 11) is 0. The molecule has 1 atom stereocenters. The van der Waals surface area contributed by atoms with E-state index in [1.807, 2.05) is 0 Å². The van der Waals surface area contributed by atoms with Crippen LogP contribution >= 0.6 is 0 Å². The first-order chi connectivity index (χ1) is 9.58. The molecule has 1 fully saturated rings. The van der Waals surface area contributed by atoms with Crippen molar-refractivity contribution in [2.45, 2.75) is 25.4 Å². The smallest absolute Gasteiger partial charge is 0.339 e. The van der Waals surface area contributed by atoms with E-state index in [0.717, 1.165) is 25.5 Å². The number of nitro benzene ring substituents is 1. The molecule has 7 nitrogen and oxygen atoms in total. The van der Waals surface area contributed by atoms with Gasteiger partial charge in [0.25, 0.3) is 5.69 Å². The molecule has 1 aliphatic heterocycles. The number of carbonyl (C=O) groups is 1. The first-order valence-corrected chi connectivity index (χ1v) is 6.34. The minimum Gasteiger partial charge on any atom is -0.493 e. The molecule has 1 saturated heterocycles. The van der Waals surface area contributed by atoms with Gasteiger partial charge in [-0.05, 0) is 18.9 Å². The van der Waals surface area contributed by atoms with Crippen molar-refractivity contribution in [3.63, 3.8) is 0 Å². The number of ether oxygens (including phenoxy) is 2. The zero-order valence-corrected chi connectivity index (χ0v) is 10.8. The summed E-state index contributed by atoms with van der Waals surface area (Å²) < 4.78 is 10.8. The number of nitro groups is 1. The second kappa shape index (κ2) is 6.33. The van der Waals surface area contributed by atoms with E-state index in [4.69, 9.17) is 14.6 Å². The van der Waals surface area contributed by atoms with Crippen LogP contribution in [0.3, 0.4) is 0 Å². The van der Waals surface area contributed by atoms with Crippen LogP contribution in [0.4, 0.5) is 5.69 Å². The molecule has 0 aromatic heterocycles. The Kier molecular flexibility index (Phi) is 4.52. The van der Waals surface area contributed by atoms with E-state index in [-0.39, 0.29) is 23.1 Å². The maximum Gasteiger partial charge on any atom is 0.339 e. The van der Waals surface area contributed by atoms with Crippen molar-refractivity contribution in [3.05, 3.63) is 33.9 Å². The third-order valence-electron chi connectivity index (χ3n) is 3.13. The van der Waals surface area contributed by atoms with Crippen LogP contribution in [0.5, 0.6) is 5.75 Å². The molecule has 0 radical (unpaired) electrons. The average Bonchev–Trinajstić information content (AvgIpc) is 2.91. The first-order valence-electron chi connectivity index (χ1n) is 6.34. The lowest BCUT2D eigenvalue weighted by molar-refractivity contribution is -0.384. The molecule has 1 aliphatic rings. The summed E-state index contributed by atoms with van der Waals surface area (Å²) in [6.45, 7) is 1.07. The van der Waals surface area contributed by atoms with Crippen molar-refractivity contribution >= 4 is 11.7 Å². The predicted octanol–water partition coefficient (Wildman–Crippen LogP) is 2.24. The van der Waals surface area contributed by atoms with Crippen molar-refractivity contribution in [2.24, 2.45) is 0 Å². The highest BCUT2D eigenvalue weighted by Gasteiger charge is 2.19. The SMILES string of the molecule is O=C(O)c1cc([N+](=O)[O-])ccc1OCCC1CCCO1. The van der Waals surface area contributed by atoms with Gasteiger partial charge in [0, 0.05) is 25.2 Å². The molecule has 1 heterocycles. The molecule has 7 heteroatoms. The summed E-state index contributed by atoms with van der Waals surface area (Å²) in [6, 6.07) is 3.55. The lowest BCUT2D eigenvalue weighted by Crippen LogP contribution is -2.12. The molecule has 0 aliphatic carbocycles. The fourth-order valence-corrected chi connectivity index (χ4v) is 2.10. The monoisotopic (exact) mass is 281 g/mol. The van der Waals surface area contributed by atoms with Crippen LogP contribution in [0.25, 0.3) is 0 Å². The Bertz CT molecular complexity index is 510. The van der Waals surface area contributed by atoms with Crippen LogP contribution in [0.1, 0.15) is 29.6 Å². The van der Waals surface area contributed by atoms with Crippen LogP contribution in [0, 0.1) is 10.1 Å². The summed E-state index contributed by atoms with van der Waals surface area (Å²) >= 11 is 0. The summed E-state index contributed by atoms with van der Waals surface area (Å²) in [6.07, 6.45) is 2.84. The zero-order chi connectivity index (χ0) is 14.5. The minimum absolute atomic E-state index is 0.140. The minimum atomic E-state index is -1.25. The number of aromatic carboxylic acids is 1. The van der Waals surface area contributed by atoms with Gasteiger partial charge in [0.15, 0.2) is 0 Å². The lowest BCUT2D eigenvalue weighted by atomic mass is 10.1. The molecule has 1 unspecified atom stereocenters. The average molecular weight is 281 g/mol. The number of non-ortho nitro benzene ring substituents is 1. The molecule has 0 amide bonds. The summed E-state index contributed by atoms with van der Waals surface area (Å²) in [5, 5.41) is 19.7. The maximum atomic E-state index is 11.1. The summed E-state index contributed by atoms with van der Waals surface area (Å²) in [5.74, 6) is -1.11. The molecule has 0 bridgehead atoms. The number of benzene rings is 1. The van der Waals surface area contributed by atoms with E-state index in [1.165, 1.54) is 12.1 Å². The fourth-order valence-electron chi connectivity index (χ4n) is 2.10. The fraction of sp³-hybridized carbons (Fsp3) is 0.462. The van der Waals surface area contributed by atoms with Gasteiger partial charge in [-0.2, -0.15) is 0 Å². The van der Waals surface area contributed by atoms with E-state index < -0.39 is 10.9 Å². The van der Waals surface area contributed by atoms with Gasteiger partial charge in [-0.1, -0.05) is 0 Å². The topological polar surface area (TPSA) is 98.9 Å². The Labute approximate surface area is 115 Å². The molecule has 108 valence electrons. The highest BCUT2D eigenvalue weighted by atomic mass is 16.6. The van der Waals surface area contributed by atoms with Crippen LogP contribution in [0.2, 0.25) is 0 Å². The van der Waals surface area contributed by atoms with Gasteiger partial charge in [-0.3, -0.25) is 10.1 Å². The number of rotatable bonds is 6. The molecular weight excluding hydrogens is 266 g/mol. The highest BCUT2D eigenvalue weighted by Crippen LogP contribution is 2.25. The van der Waals surface area contributed by atoms with Crippen LogP contribution in [-0.2, 0) is 4.74 Å².